The van der Waals surface area contributed by atoms with E-state index in [4.69, 9.17) is 0 Å². The summed E-state index contributed by atoms with van der Waals surface area (Å²) in [4.78, 5) is 0. The van der Waals surface area contributed by atoms with E-state index in [9.17, 15) is 0 Å². The zero-order chi connectivity index (χ0) is 34.6. The molecule has 9 aromatic rings. The third kappa shape index (κ3) is 4.71. The first-order valence-electron chi connectivity index (χ1n) is 17.6. The molecule has 1 unspecified atom stereocenters. The van der Waals surface area contributed by atoms with E-state index in [-0.39, 0.29) is 0 Å². The maximum Gasteiger partial charge on any atom is 0.234 e. The topological polar surface area (TPSA) is 25.2 Å². The molecule has 0 aliphatic carbocycles. The van der Waals surface area contributed by atoms with Crippen molar-refractivity contribution in [2.24, 2.45) is 0 Å². The third-order valence-corrected chi connectivity index (χ3v) is 13.4. The highest BCUT2D eigenvalue weighted by Crippen LogP contribution is 2.62. The predicted octanol–water partition coefficient (Wildman–Crippen LogP) is 12.2. The van der Waals surface area contributed by atoms with E-state index in [1.807, 2.05) is 48.5 Å². The lowest BCUT2D eigenvalue weighted by molar-refractivity contribution is 0.587. The molecule has 3 nitrogen and oxygen atoms in total. The standard InChI is InChI=1S/C48H33N2OP/c51-52(40-21-11-4-12-22-40)48-30-26-37(35-17-7-2-8-18-35)32-44(48)42-31-36(34-15-5-1-6-16-34)25-28-47(42)50(52)39-27-29-46-43(33-39)41-23-13-14-24-45(41)49(46)38-19-9-3-10-20-38/h1-33H. The average Bonchev–Trinajstić information content (AvgIpc) is 3.55. The lowest BCUT2D eigenvalue weighted by atomic mass is 9.94. The van der Waals surface area contributed by atoms with Gasteiger partial charge in [-0.05, 0) is 101 Å². The second-order valence-corrected chi connectivity index (χ2v) is 15.9. The zero-order valence-corrected chi connectivity index (χ0v) is 29.2. The van der Waals surface area contributed by atoms with Crippen molar-refractivity contribution in [3.63, 3.8) is 0 Å². The van der Waals surface area contributed by atoms with Crippen molar-refractivity contribution in [1.82, 2.24) is 4.57 Å². The quantitative estimate of drug-likeness (QED) is 0.169. The van der Waals surface area contributed by atoms with Gasteiger partial charge in [0.05, 0.1) is 16.7 Å². The van der Waals surface area contributed by atoms with Gasteiger partial charge in [-0.1, -0.05) is 127 Å². The van der Waals surface area contributed by atoms with Crippen LogP contribution < -0.4 is 15.3 Å². The van der Waals surface area contributed by atoms with Gasteiger partial charge >= 0.3 is 0 Å². The van der Waals surface area contributed by atoms with Crippen molar-refractivity contribution < 1.29 is 4.57 Å². The molecule has 10 rings (SSSR count). The van der Waals surface area contributed by atoms with Crippen LogP contribution in [0, 0.1) is 0 Å². The highest BCUT2D eigenvalue weighted by Gasteiger charge is 2.43. The first-order valence-corrected chi connectivity index (χ1v) is 19.3. The van der Waals surface area contributed by atoms with Crippen LogP contribution in [0.2, 0.25) is 0 Å². The molecule has 1 aliphatic heterocycles. The molecule has 8 aromatic carbocycles. The summed E-state index contributed by atoms with van der Waals surface area (Å²) in [5.74, 6) is 0. The Morgan fingerprint density at radius 1 is 0.385 bits per heavy atom. The van der Waals surface area contributed by atoms with Gasteiger partial charge in [-0.25, -0.2) is 0 Å². The monoisotopic (exact) mass is 684 g/mol. The molecule has 246 valence electrons. The van der Waals surface area contributed by atoms with E-state index >= 15 is 4.57 Å². The Morgan fingerprint density at radius 2 is 0.942 bits per heavy atom. The summed E-state index contributed by atoms with van der Waals surface area (Å²) in [5.41, 5.74) is 11.7. The lowest BCUT2D eigenvalue weighted by Gasteiger charge is -2.40. The maximum atomic E-state index is 16.5. The fourth-order valence-electron chi connectivity index (χ4n) is 7.97. The molecule has 0 fully saturated rings. The molecule has 0 radical (unpaired) electrons. The summed E-state index contributed by atoms with van der Waals surface area (Å²) < 4.78 is 21.0. The fraction of sp³-hybridized carbons (Fsp3) is 0. The summed E-state index contributed by atoms with van der Waals surface area (Å²) in [6, 6.07) is 69.7. The third-order valence-electron chi connectivity index (χ3n) is 10.4. The smallest absolute Gasteiger partial charge is 0.234 e. The molecule has 4 heteroatoms. The number of aromatic nitrogens is 1. The number of hydrogen-bond donors (Lipinski definition) is 0. The first kappa shape index (κ1) is 30.4. The summed E-state index contributed by atoms with van der Waals surface area (Å²) in [7, 11) is -3.48. The number of anilines is 2. The first-order chi connectivity index (χ1) is 25.7. The van der Waals surface area contributed by atoms with Crippen molar-refractivity contribution in [1.29, 1.82) is 0 Å². The Morgan fingerprint density at radius 3 is 1.63 bits per heavy atom. The second kappa shape index (κ2) is 12.1. The van der Waals surface area contributed by atoms with Crippen LogP contribution in [-0.4, -0.2) is 4.57 Å². The number of para-hydroxylation sites is 2. The fourth-order valence-corrected chi connectivity index (χ4v) is 11.0. The van der Waals surface area contributed by atoms with Gasteiger partial charge < -0.3 is 4.57 Å². The van der Waals surface area contributed by atoms with Crippen LogP contribution in [0.3, 0.4) is 0 Å². The van der Waals surface area contributed by atoms with Crippen molar-refractivity contribution in [3.8, 4) is 39.1 Å². The largest absolute Gasteiger partial charge is 0.309 e. The Bertz CT molecular complexity index is 2810. The maximum absolute atomic E-state index is 16.5. The van der Waals surface area contributed by atoms with Gasteiger partial charge in [-0.15, -0.1) is 0 Å². The van der Waals surface area contributed by atoms with Crippen molar-refractivity contribution in [2.45, 2.75) is 0 Å². The van der Waals surface area contributed by atoms with Gasteiger partial charge in [0.1, 0.15) is 0 Å². The molecule has 0 saturated carbocycles. The molecule has 2 heterocycles. The van der Waals surface area contributed by atoms with Gasteiger partial charge in [0.2, 0.25) is 7.29 Å². The van der Waals surface area contributed by atoms with Crippen LogP contribution in [0.1, 0.15) is 0 Å². The number of fused-ring (bicyclic) bond motifs is 6. The van der Waals surface area contributed by atoms with E-state index in [1.165, 1.54) is 0 Å². The predicted molar refractivity (Wildman–Crippen MR) is 219 cm³/mol. The molecule has 0 amide bonds. The molecule has 1 aliphatic rings. The summed E-state index contributed by atoms with van der Waals surface area (Å²) >= 11 is 0. The van der Waals surface area contributed by atoms with Crippen LogP contribution >= 0.6 is 7.29 Å². The highest BCUT2D eigenvalue weighted by atomic mass is 31.2. The van der Waals surface area contributed by atoms with Crippen molar-refractivity contribution >= 4 is 51.1 Å². The van der Waals surface area contributed by atoms with Crippen LogP contribution in [0.15, 0.2) is 200 Å². The van der Waals surface area contributed by atoms with Crippen molar-refractivity contribution in [3.05, 3.63) is 200 Å². The van der Waals surface area contributed by atoms with E-state index in [2.05, 4.69) is 161 Å². The Balaban J connectivity index is 1.27. The van der Waals surface area contributed by atoms with Crippen LogP contribution in [0.4, 0.5) is 11.4 Å². The zero-order valence-electron chi connectivity index (χ0n) is 28.3. The summed E-state index contributed by atoms with van der Waals surface area (Å²) in [5, 5.41) is 3.91. The van der Waals surface area contributed by atoms with Crippen LogP contribution in [0.5, 0.6) is 0 Å². The van der Waals surface area contributed by atoms with Gasteiger partial charge in [0.15, 0.2) is 0 Å². The number of rotatable bonds is 5. The Kier molecular flexibility index (Phi) is 7.09. The minimum absolute atomic E-state index is 0.799. The molecule has 1 aromatic heterocycles. The molecular formula is C48H33N2OP. The van der Waals surface area contributed by atoms with Gasteiger partial charge in [0, 0.05) is 38.3 Å². The van der Waals surface area contributed by atoms with E-state index in [1.54, 1.807) is 0 Å². The van der Waals surface area contributed by atoms with Crippen LogP contribution in [0.25, 0.3) is 60.9 Å². The van der Waals surface area contributed by atoms with Crippen LogP contribution in [-0.2, 0) is 4.57 Å². The van der Waals surface area contributed by atoms with Gasteiger partial charge in [-0.3, -0.25) is 9.24 Å². The Labute approximate surface area is 303 Å². The van der Waals surface area contributed by atoms with Gasteiger partial charge in [-0.2, -0.15) is 0 Å². The molecule has 0 saturated heterocycles. The van der Waals surface area contributed by atoms with E-state index in [0.717, 1.165) is 82.9 Å². The Hall–Kier alpha value is -6.41. The van der Waals surface area contributed by atoms with E-state index < -0.39 is 7.29 Å². The molecule has 0 spiro atoms. The minimum atomic E-state index is -3.48. The van der Waals surface area contributed by atoms with Crippen molar-refractivity contribution in [2.75, 3.05) is 4.67 Å². The molecule has 52 heavy (non-hydrogen) atoms. The SMILES string of the molecule is O=P1(c2ccccc2)c2ccc(-c3ccccc3)cc2-c2cc(-c3ccccc3)ccc2N1c1ccc2c(c1)c1ccccc1n2-c1ccccc1. The lowest BCUT2D eigenvalue weighted by Crippen LogP contribution is -2.33. The summed E-state index contributed by atoms with van der Waals surface area (Å²) in [6.07, 6.45) is 0. The van der Waals surface area contributed by atoms with Gasteiger partial charge in [0.25, 0.3) is 0 Å². The summed E-state index contributed by atoms with van der Waals surface area (Å²) in [6.45, 7) is 0. The molecule has 0 bridgehead atoms. The number of nitrogens with zero attached hydrogens (tertiary/aromatic N) is 2. The average molecular weight is 685 g/mol. The highest BCUT2D eigenvalue weighted by molar-refractivity contribution is 7.80. The molecule has 1 atom stereocenters. The molecular weight excluding hydrogens is 652 g/mol. The molecule has 0 N–H and O–H groups in total. The van der Waals surface area contributed by atoms with E-state index in [0.29, 0.717) is 0 Å². The minimum Gasteiger partial charge on any atom is -0.309 e. The number of benzene rings is 8. The normalized spacial score (nSPS) is 15.0. The number of hydrogen-bond acceptors (Lipinski definition) is 1. The second-order valence-electron chi connectivity index (χ2n) is 13.3.